The van der Waals surface area contributed by atoms with Crippen LogP contribution in [0.2, 0.25) is 36.3 Å². The largest absolute Gasteiger partial charge is 0.413 e. The molecule has 0 aromatic heterocycles. The van der Waals surface area contributed by atoms with Crippen molar-refractivity contribution in [3.8, 4) is 0 Å². The van der Waals surface area contributed by atoms with Gasteiger partial charge in [0.15, 0.2) is 16.6 Å². The number of aliphatic hydroxyl groups excluding tert-OH is 2. The molecule has 0 aliphatic heterocycles. The van der Waals surface area contributed by atoms with Crippen molar-refractivity contribution in [3.63, 3.8) is 0 Å². The fourth-order valence-electron chi connectivity index (χ4n) is 4.18. The van der Waals surface area contributed by atoms with Crippen molar-refractivity contribution in [2.24, 2.45) is 11.8 Å². The monoisotopic (exact) mass is 500 g/mol. The second-order valence-corrected chi connectivity index (χ2v) is 22.8. The molecule has 33 heavy (non-hydrogen) atoms. The average molecular weight is 501 g/mol. The van der Waals surface area contributed by atoms with Crippen molar-refractivity contribution in [3.05, 3.63) is 12.2 Å². The van der Waals surface area contributed by atoms with E-state index in [1.807, 2.05) is 0 Å². The molecule has 4 nitrogen and oxygen atoms in total. The molecule has 1 fully saturated rings. The molecule has 6 heteroatoms. The van der Waals surface area contributed by atoms with Crippen LogP contribution in [0.15, 0.2) is 12.2 Å². The summed E-state index contributed by atoms with van der Waals surface area (Å²) in [5.74, 6) is 0.142. The smallest absolute Gasteiger partial charge is 0.192 e. The molecule has 0 aromatic rings. The lowest BCUT2D eigenvalue weighted by atomic mass is 9.90. The summed E-state index contributed by atoms with van der Waals surface area (Å²) in [7, 11) is -3.87. The quantitative estimate of drug-likeness (QED) is 0.168. The highest BCUT2D eigenvalue weighted by atomic mass is 28.4. The van der Waals surface area contributed by atoms with E-state index in [-0.39, 0.29) is 40.7 Å². The zero-order chi connectivity index (χ0) is 25.7. The number of unbranched alkanes of at least 4 members (excludes halogenated alkanes) is 2. The van der Waals surface area contributed by atoms with Crippen LogP contribution in [0, 0.1) is 11.8 Å². The van der Waals surface area contributed by atoms with Gasteiger partial charge < -0.3 is 19.1 Å². The molecule has 0 amide bonds. The molecule has 1 aliphatic carbocycles. The first kappa shape index (κ1) is 31.0. The molecule has 0 radical (unpaired) electrons. The van der Waals surface area contributed by atoms with Gasteiger partial charge in [-0.3, -0.25) is 0 Å². The van der Waals surface area contributed by atoms with E-state index in [1.54, 1.807) is 0 Å². The van der Waals surface area contributed by atoms with Crippen LogP contribution in [-0.4, -0.2) is 51.8 Å². The number of hydrogen-bond acceptors (Lipinski definition) is 4. The molecule has 0 bridgehead atoms. The van der Waals surface area contributed by atoms with E-state index in [0.29, 0.717) is 12.8 Å². The van der Waals surface area contributed by atoms with Crippen molar-refractivity contribution < 1.29 is 19.1 Å². The first-order valence-electron chi connectivity index (χ1n) is 13.3. The summed E-state index contributed by atoms with van der Waals surface area (Å²) in [6.45, 7) is 25.2. The molecular formula is C27H56O4Si2. The third-order valence-electron chi connectivity index (χ3n) is 8.50. The van der Waals surface area contributed by atoms with Crippen LogP contribution >= 0.6 is 0 Å². The van der Waals surface area contributed by atoms with E-state index >= 15 is 0 Å². The highest BCUT2D eigenvalue weighted by Crippen LogP contribution is 2.44. The standard InChI is InChI=1S/C27H56O4Si2/c1-12-13-14-15-21(30-32(8,9)26(2,3)4)16-17-23-22(18-19-28)24(29)20-25(23)31-33(10,11)27(5,6)7/h16-17,21-25,28-29H,12-15,18-20H2,1-11H3/b17-16+/t21-,22+,23+,24-,25+/m0/s1. The summed E-state index contributed by atoms with van der Waals surface area (Å²) < 4.78 is 13.7. The molecule has 196 valence electrons. The van der Waals surface area contributed by atoms with Crippen LogP contribution in [0.1, 0.15) is 87.0 Å². The maximum atomic E-state index is 10.9. The number of hydrogen-bond donors (Lipinski definition) is 2. The molecule has 0 spiro atoms. The van der Waals surface area contributed by atoms with Crippen LogP contribution in [-0.2, 0) is 8.85 Å². The fraction of sp³-hybridized carbons (Fsp3) is 0.926. The predicted octanol–water partition coefficient (Wildman–Crippen LogP) is 7.28. The normalized spacial score (nSPS) is 26.3. The molecule has 0 saturated heterocycles. The summed E-state index contributed by atoms with van der Waals surface area (Å²) in [6, 6.07) is 0. The van der Waals surface area contributed by atoms with Crippen LogP contribution in [0.25, 0.3) is 0 Å². The molecule has 0 heterocycles. The van der Waals surface area contributed by atoms with Crippen LogP contribution < -0.4 is 0 Å². The highest BCUT2D eigenvalue weighted by Gasteiger charge is 2.47. The van der Waals surface area contributed by atoms with E-state index in [2.05, 4.69) is 86.8 Å². The van der Waals surface area contributed by atoms with Gasteiger partial charge in [0.05, 0.1) is 18.3 Å². The zero-order valence-corrected chi connectivity index (χ0v) is 25.7. The first-order chi connectivity index (χ1) is 15.0. The summed E-state index contributed by atoms with van der Waals surface area (Å²) in [5, 5.41) is 20.8. The number of aliphatic hydroxyl groups is 2. The topological polar surface area (TPSA) is 58.9 Å². The lowest BCUT2D eigenvalue weighted by molar-refractivity contribution is 0.103. The fourth-order valence-corrected chi connectivity index (χ4v) is 6.85. The van der Waals surface area contributed by atoms with Crippen molar-refractivity contribution in [1.29, 1.82) is 0 Å². The Morgan fingerprint density at radius 1 is 0.970 bits per heavy atom. The molecule has 0 aromatic carbocycles. The summed E-state index contributed by atoms with van der Waals surface area (Å²) in [5.41, 5.74) is 0. The van der Waals surface area contributed by atoms with Gasteiger partial charge in [-0.05, 0) is 61.4 Å². The molecular weight excluding hydrogens is 444 g/mol. The Bertz CT molecular complexity index is 604. The van der Waals surface area contributed by atoms with Gasteiger partial charge in [0, 0.05) is 12.5 Å². The van der Waals surface area contributed by atoms with Crippen LogP contribution in [0.3, 0.4) is 0 Å². The Hall–Kier alpha value is 0.0138. The Balaban J connectivity index is 3.18. The van der Waals surface area contributed by atoms with Gasteiger partial charge in [0.2, 0.25) is 0 Å². The highest BCUT2D eigenvalue weighted by molar-refractivity contribution is 6.74. The van der Waals surface area contributed by atoms with Crippen molar-refractivity contribution >= 4 is 16.6 Å². The predicted molar refractivity (Wildman–Crippen MR) is 147 cm³/mol. The van der Waals surface area contributed by atoms with E-state index < -0.39 is 22.7 Å². The molecule has 2 N–H and O–H groups in total. The van der Waals surface area contributed by atoms with Gasteiger partial charge in [0.1, 0.15) is 0 Å². The minimum atomic E-state index is -1.97. The van der Waals surface area contributed by atoms with Crippen LogP contribution in [0.5, 0.6) is 0 Å². The molecule has 1 rings (SSSR count). The van der Waals surface area contributed by atoms with Crippen molar-refractivity contribution in [2.45, 2.75) is 142 Å². The van der Waals surface area contributed by atoms with Gasteiger partial charge >= 0.3 is 0 Å². The maximum absolute atomic E-state index is 10.9. The maximum Gasteiger partial charge on any atom is 0.192 e. The average Bonchev–Trinajstić information content (AvgIpc) is 2.92. The van der Waals surface area contributed by atoms with Crippen molar-refractivity contribution in [2.75, 3.05) is 6.61 Å². The van der Waals surface area contributed by atoms with Gasteiger partial charge in [-0.2, -0.15) is 0 Å². The Labute approximate surface area is 207 Å². The summed E-state index contributed by atoms with van der Waals surface area (Å²) >= 11 is 0. The molecule has 5 atom stereocenters. The molecule has 1 aliphatic rings. The Morgan fingerprint density at radius 2 is 1.55 bits per heavy atom. The SMILES string of the molecule is CCCCC[C@@H](/C=C/[C@@H]1[C@@H](CCO)[C@@H](O)C[C@H]1O[Si](C)(C)C(C)(C)C)O[Si](C)(C)C(C)(C)C. The Kier molecular flexibility index (Phi) is 11.6. The van der Waals surface area contributed by atoms with E-state index in [1.165, 1.54) is 12.8 Å². The van der Waals surface area contributed by atoms with Crippen molar-refractivity contribution in [1.82, 2.24) is 0 Å². The van der Waals surface area contributed by atoms with E-state index in [0.717, 1.165) is 12.8 Å². The minimum absolute atomic E-state index is 0.00199. The van der Waals surface area contributed by atoms with Gasteiger partial charge in [-0.1, -0.05) is 79.9 Å². The minimum Gasteiger partial charge on any atom is -0.413 e. The van der Waals surface area contributed by atoms with Gasteiger partial charge in [0.25, 0.3) is 0 Å². The van der Waals surface area contributed by atoms with Gasteiger partial charge in [-0.25, -0.2) is 0 Å². The van der Waals surface area contributed by atoms with Gasteiger partial charge in [-0.15, -0.1) is 0 Å². The lowest BCUT2D eigenvalue weighted by Crippen LogP contribution is -2.45. The zero-order valence-electron chi connectivity index (χ0n) is 23.7. The third-order valence-corrected chi connectivity index (χ3v) is 17.5. The molecule has 1 saturated carbocycles. The first-order valence-corrected chi connectivity index (χ1v) is 19.1. The molecule has 0 unspecified atom stereocenters. The summed E-state index contributed by atoms with van der Waals surface area (Å²) in [4.78, 5) is 0. The van der Waals surface area contributed by atoms with E-state index in [9.17, 15) is 10.2 Å². The second kappa shape index (κ2) is 12.3. The Morgan fingerprint density at radius 3 is 2.03 bits per heavy atom. The summed E-state index contributed by atoms with van der Waals surface area (Å²) in [6.07, 6.45) is 10.1. The second-order valence-electron chi connectivity index (χ2n) is 13.3. The number of rotatable bonds is 12. The lowest BCUT2D eigenvalue weighted by Gasteiger charge is -2.40. The van der Waals surface area contributed by atoms with Crippen LogP contribution in [0.4, 0.5) is 0 Å². The van der Waals surface area contributed by atoms with E-state index in [4.69, 9.17) is 8.85 Å². The third kappa shape index (κ3) is 8.87.